The van der Waals surface area contributed by atoms with Gasteiger partial charge >= 0.3 is 0 Å². The normalized spacial score (nSPS) is 14.6. The lowest BCUT2D eigenvalue weighted by molar-refractivity contribution is -0.121. The van der Waals surface area contributed by atoms with Crippen LogP contribution in [-0.4, -0.2) is 32.0 Å². The number of ether oxygens (including phenoxy) is 2. The highest BCUT2D eigenvalue weighted by molar-refractivity contribution is 7.91. The average molecular weight is 593 g/mol. The van der Waals surface area contributed by atoms with Crippen LogP contribution >= 0.6 is 0 Å². The van der Waals surface area contributed by atoms with E-state index in [2.05, 4.69) is 0 Å². The Balaban J connectivity index is 1.16. The molecule has 0 spiro atoms. The predicted molar refractivity (Wildman–Crippen MR) is 155 cm³/mol. The maximum Gasteiger partial charge on any atom is 0.258 e. The van der Waals surface area contributed by atoms with Crippen LogP contribution in [0.15, 0.2) is 131 Å². The fourth-order valence-corrected chi connectivity index (χ4v) is 5.78. The van der Waals surface area contributed by atoms with E-state index in [9.17, 15) is 27.6 Å². The monoisotopic (exact) mass is 592 g/mol. The fourth-order valence-electron chi connectivity index (χ4n) is 4.45. The quantitative estimate of drug-likeness (QED) is 0.263. The Morgan fingerprint density at radius 1 is 0.442 bits per heavy atom. The summed E-state index contributed by atoms with van der Waals surface area (Å²) in [5.41, 5.74) is 0.770. The van der Waals surface area contributed by atoms with Gasteiger partial charge in [0.2, 0.25) is 9.84 Å². The van der Waals surface area contributed by atoms with E-state index in [1.807, 2.05) is 0 Å². The van der Waals surface area contributed by atoms with Crippen molar-refractivity contribution in [3.05, 3.63) is 121 Å². The summed E-state index contributed by atoms with van der Waals surface area (Å²) in [6, 6.07) is 24.5. The lowest BCUT2D eigenvalue weighted by atomic mass is 10.2. The van der Waals surface area contributed by atoms with Crippen molar-refractivity contribution in [3.63, 3.8) is 0 Å². The van der Waals surface area contributed by atoms with Crippen molar-refractivity contribution >= 4 is 44.8 Å². The molecule has 0 atom stereocenters. The molecule has 0 aliphatic carbocycles. The molecule has 6 rings (SSSR count). The number of carbonyl (C=O) groups is 4. The summed E-state index contributed by atoms with van der Waals surface area (Å²) in [5, 5.41) is 0. The van der Waals surface area contributed by atoms with Gasteiger partial charge in [-0.1, -0.05) is 12.1 Å². The zero-order chi connectivity index (χ0) is 30.1. The van der Waals surface area contributed by atoms with E-state index in [1.165, 1.54) is 48.6 Å². The van der Waals surface area contributed by atoms with Gasteiger partial charge in [-0.2, -0.15) is 0 Å². The van der Waals surface area contributed by atoms with Crippen LogP contribution < -0.4 is 19.3 Å². The summed E-state index contributed by atoms with van der Waals surface area (Å²) >= 11 is 0. The molecule has 0 radical (unpaired) electrons. The van der Waals surface area contributed by atoms with Crippen molar-refractivity contribution in [2.45, 2.75) is 9.79 Å². The van der Waals surface area contributed by atoms with Crippen molar-refractivity contribution in [2.75, 3.05) is 9.80 Å². The third kappa shape index (κ3) is 5.44. The number of anilines is 2. The summed E-state index contributed by atoms with van der Waals surface area (Å²) in [4.78, 5) is 49.6. The highest BCUT2D eigenvalue weighted by Crippen LogP contribution is 2.32. The number of hydrogen-bond acceptors (Lipinski definition) is 8. The molecular weight excluding hydrogens is 572 g/mol. The largest absolute Gasteiger partial charge is 0.457 e. The molecule has 10 nitrogen and oxygen atoms in total. The Labute approximate surface area is 245 Å². The van der Waals surface area contributed by atoms with Gasteiger partial charge in [0, 0.05) is 24.3 Å². The van der Waals surface area contributed by atoms with Crippen LogP contribution in [0.2, 0.25) is 0 Å². The Bertz CT molecular complexity index is 1790. The van der Waals surface area contributed by atoms with Gasteiger partial charge in [0.15, 0.2) is 0 Å². The summed E-state index contributed by atoms with van der Waals surface area (Å²) < 4.78 is 38.7. The number of nitrogens with zero attached hydrogens (tertiary/aromatic N) is 2. The van der Waals surface area contributed by atoms with Crippen molar-refractivity contribution in [2.24, 2.45) is 0 Å². The molecule has 4 amide bonds. The molecule has 0 N–H and O–H groups in total. The molecule has 0 aromatic heterocycles. The molecular formula is C32H20N2O8S. The number of benzene rings is 4. The van der Waals surface area contributed by atoms with Crippen LogP contribution in [0, 0.1) is 0 Å². The van der Waals surface area contributed by atoms with Crippen molar-refractivity contribution in [1.29, 1.82) is 0 Å². The second-order valence-electron chi connectivity index (χ2n) is 9.34. The van der Waals surface area contributed by atoms with Gasteiger partial charge in [-0.3, -0.25) is 19.2 Å². The lowest BCUT2D eigenvalue weighted by Crippen LogP contribution is -2.29. The minimum absolute atomic E-state index is 0.00369. The minimum Gasteiger partial charge on any atom is -0.457 e. The third-order valence-electron chi connectivity index (χ3n) is 6.51. The predicted octanol–water partition coefficient (Wildman–Crippen LogP) is 4.96. The van der Waals surface area contributed by atoms with Gasteiger partial charge in [0.1, 0.15) is 23.0 Å². The van der Waals surface area contributed by atoms with Gasteiger partial charge in [-0.25, -0.2) is 18.2 Å². The number of sulfone groups is 1. The Hall–Kier alpha value is -5.81. The molecule has 0 saturated carbocycles. The maximum absolute atomic E-state index is 13.5. The SMILES string of the molecule is O=C1C=CC(=O)N1c1ccc(Oc2cccc(S(=O)(=O)c3cccc(Oc4ccc(N5C(=O)C=CC5=O)cc4)c3)c2)cc1. The Morgan fingerprint density at radius 2 is 0.791 bits per heavy atom. The van der Waals surface area contributed by atoms with Gasteiger partial charge in [-0.15, -0.1) is 0 Å². The molecule has 2 aliphatic heterocycles. The zero-order valence-corrected chi connectivity index (χ0v) is 22.9. The first kappa shape index (κ1) is 27.4. The van der Waals surface area contributed by atoms with Crippen LogP contribution in [0.5, 0.6) is 23.0 Å². The first-order valence-corrected chi connectivity index (χ1v) is 14.3. The zero-order valence-electron chi connectivity index (χ0n) is 22.1. The maximum atomic E-state index is 13.5. The second-order valence-corrected chi connectivity index (χ2v) is 11.3. The first-order chi connectivity index (χ1) is 20.7. The van der Waals surface area contributed by atoms with Crippen LogP contribution in [0.1, 0.15) is 0 Å². The van der Waals surface area contributed by atoms with E-state index < -0.39 is 33.5 Å². The van der Waals surface area contributed by atoms with Gasteiger partial charge < -0.3 is 9.47 Å². The van der Waals surface area contributed by atoms with Crippen molar-refractivity contribution in [3.8, 4) is 23.0 Å². The summed E-state index contributed by atoms with van der Waals surface area (Å²) in [6.45, 7) is 0. The first-order valence-electron chi connectivity index (χ1n) is 12.8. The number of amides is 4. The highest BCUT2D eigenvalue weighted by atomic mass is 32.2. The molecule has 0 fully saturated rings. The number of carbonyl (C=O) groups excluding carboxylic acids is 4. The molecule has 43 heavy (non-hydrogen) atoms. The number of hydrogen-bond donors (Lipinski definition) is 0. The summed E-state index contributed by atoms with van der Waals surface area (Å²) in [7, 11) is -3.97. The van der Waals surface area contributed by atoms with Gasteiger partial charge in [0.05, 0.1) is 21.2 Å². The van der Waals surface area contributed by atoms with Crippen LogP contribution in [-0.2, 0) is 29.0 Å². The number of imide groups is 2. The van der Waals surface area contributed by atoms with E-state index in [0.717, 1.165) is 9.80 Å². The molecule has 11 heteroatoms. The van der Waals surface area contributed by atoms with E-state index in [4.69, 9.17) is 9.47 Å². The summed E-state index contributed by atoms with van der Waals surface area (Å²) in [6.07, 6.45) is 4.78. The minimum atomic E-state index is -3.97. The van der Waals surface area contributed by atoms with Crippen LogP contribution in [0.25, 0.3) is 0 Å². The molecule has 0 unspecified atom stereocenters. The molecule has 212 valence electrons. The van der Waals surface area contributed by atoms with E-state index in [-0.39, 0.29) is 21.3 Å². The van der Waals surface area contributed by atoms with E-state index >= 15 is 0 Å². The van der Waals surface area contributed by atoms with Crippen LogP contribution in [0.3, 0.4) is 0 Å². The Morgan fingerprint density at radius 3 is 1.14 bits per heavy atom. The molecule has 2 aliphatic rings. The summed E-state index contributed by atoms with van der Waals surface area (Å²) in [5.74, 6) is -0.459. The van der Waals surface area contributed by atoms with Crippen molar-refractivity contribution < 1.29 is 37.1 Å². The molecule has 0 saturated heterocycles. The molecule has 4 aromatic rings. The van der Waals surface area contributed by atoms with E-state index in [1.54, 1.807) is 72.8 Å². The Kier molecular flexibility index (Phi) is 6.92. The fraction of sp³-hybridized carbons (Fsp3) is 0. The smallest absolute Gasteiger partial charge is 0.258 e. The average Bonchev–Trinajstić information content (AvgIpc) is 3.53. The van der Waals surface area contributed by atoms with Crippen molar-refractivity contribution in [1.82, 2.24) is 0 Å². The number of rotatable bonds is 8. The van der Waals surface area contributed by atoms with Gasteiger partial charge in [-0.05, 0) is 84.9 Å². The standard InChI is InChI=1S/C32H20N2O8S/c35-29-15-16-30(36)33(29)21-7-11-23(12-8-21)41-25-3-1-5-27(19-25)43(39,40)28-6-2-4-26(20-28)42-24-13-9-22(10-14-24)34-31(37)17-18-32(34)38/h1-20H. The molecule has 2 heterocycles. The topological polar surface area (TPSA) is 127 Å². The lowest BCUT2D eigenvalue weighted by Gasteiger charge is -2.15. The third-order valence-corrected chi connectivity index (χ3v) is 8.26. The van der Waals surface area contributed by atoms with Gasteiger partial charge in [0.25, 0.3) is 23.6 Å². The molecule has 4 aromatic carbocycles. The molecule has 0 bridgehead atoms. The van der Waals surface area contributed by atoms with Crippen LogP contribution in [0.4, 0.5) is 11.4 Å². The highest BCUT2D eigenvalue weighted by Gasteiger charge is 2.26. The van der Waals surface area contributed by atoms with E-state index in [0.29, 0.717) is 22.9 Å². The second kappa shape index (κ2) is 10.9.